The number of ether oxygens (including phenoxy) is 2. The van der Waals surface area contributed by atoms with Gasteiger partial charge in [-0.2, -0.15) is 0 Å². The van der Waals surface area contributed by atoms with Crippen LogP contribution in [0.5, 0.6) is 5.75 Å². The van der Waals surface area contributed by atoms with Crippen LogP contribution in [0.3, 0.4) is 0 Å². The van der Waals surface area contributed by atoms with Gasteiger partial charge in [0.2, 0.25) is 0 Å². The van der Waals surface area contributed by atoms with Gasteiger partial charge in [0, 0.05) is 0 Å². The highest BCUT2D eigenvalue weighted by Gasteiger charge is 2.25. The number of hydrogen-bond donors (Lipinski definition) is 1. The minimum Gasteiger partial charge on any atom is -0.497 e. The molecule has 0 bridgehead atoms. The summed E-state index contributed by atoms with van der Waals surface area (Å²) in [5, 5.41) is 3.01. The predicted molar refractivity (Wildman–Crippen MR) is 98.1 cm³/mol. The molecule has 3 rings (SSSR count). The fraction of sp³-hybridized carbons (Fsp3) is 0.333. The Balaban J connectivity index is 1.60. The zero-order valence-electron chi connectivity index (χ0n) is 15.0. The largest absolute Gasteiger partial charge is 0.497 e. The first-order chi connectivity index (χ1) is 12.6. The number of aryl methyl sites for hydroxylation is 1. The van der Waals surface area contributed by atoms with E-state index in [2.05, 4.69) is 11.4 Å². The SMILES string of the molecule is COc1ccc(C(=O)O[C@@H](C)C(=O)N[C@H]2CCCc3ccccc32)cc1. The number of benzene rings is 2. The number of esters is 1. The molecule has 0 unspecified atom stereocenters. The molecule has 0 radical (unpaired) electrons. The van der Waals surface area contributed by atoms with Crippen LogP contribution in [0.15, 0.2) is 48.5 Å². The molecule has 5 heteroatoms. The van der Waals surface area contributed by atoms with Crippen LogP contribution in [0.1, 0.15) is 47.3 Å². The maximum atomic E-state index is 12.5. The van der Waals surface area contributed by atoms with Crippen LogP contribution in [0.2, 0.25) is 0 Å². The summed E-state index contributed by atoms with van der Waals surface area (Å²) in [7, 11) is 1.56. The Morgan fingerprint density at radius 2 is 1.85 bits per heavy atom. The summed E-state index contributed by atoms with van der Waals surface area (Å²) in [6.07, 6.45) is 2.09. The first-order valence-electron chi connectivity index (χ1n) is 8.81. The van der Waals surface area contributed by atoms with Crippen molar-refractivity contribution < 1.29 is 19.1 Å². The maximum absolute atomic E-state index is 12.5. The Morgan fingerprint density at radius 1 is 1.12 bits per heavy atom. The first-order valence-corrected chi connectivity index (χ1v) is 8.81. The minimum absolute atomic E-state index is 0.0328. The van der Waals surface area contributed by atoms with Crippen LogP contribution >= 0.6 is 0 Å². The smallest absolute Gasteiger partial charge is 0.338 e. The van der Waals surface area contributed by atoms with Crippen molar-refractivity contribution in [1.29, 1.82) is 0 Å². The molecule has 1 amide bonds. The second kappa shape index (κ2) is 8.04. The molecule has 2 atom stereocenters. The highest BCUT2D eigenvalue weighted by atomic mass is 16.5. The molecule has 0 aromatic heterocycles. The quantitative estimate of drug-likeness (QED) is 0.837. The molecule has 1 N–H and O–H groups in total. The van der Waals surface area contributed by atoms with Gasteiger partial charge in [-0.05, 0) is 61.6 Å². The topological polar surface area (TPSA) is 64.6 Å². The maximum Gasteiger partial charge on any atom is 0.338 e. The molecule has 1 aliphatic rings. The van der Waals surface area contributed by atoms with Gasteiger partial charge in [0.25, 0.3) is 5.91 Å². The van der Waals surface area contributed by atoms with Crippen LogP contribution in [-0.2, 0) is 16.0 Å². The predicted octanol–water partition coefficient (Wildman–Crippen LogP) is 3.43. The summed E-state index contributed by atoms with van der Waals surface area (Å²) in [6.45, 7) is 1.59. The summed E-state index contributed by atoms with van der Waals surface area (Å²) < 4.78 is 10.4. The summed E-state index contributed by atoms with van der Waals surface area (Å²) in [5.41, 5.74) is 2.81. The number of carbonyl (C=O) groups excluding carboxylic acids is 2. The summed E-state index contributed by atoms with van der Waals surface area (Å²) in [4.78, 5) is 24.7. The van der Waals surface area contributed by atoms with Crippen LogP contribution in [0.25, 0.3) is 0 Å². The van der Waals surface area contributed by atoms with Crippen LogP contribution in [0, 0.1) is 0 Å². The van der Waals surface area contributed by atoms with E-state index in [1.54, 1.807) is 38.3 Å². The van der Waals surface area contributed by atoms with Gasteiger partial charge in [-0.3, -0.25) is 4.79 Å². The number of rotatable bonds is 5. The standard InChI is InChI=1S/C21H23NO4/c1-14(26-21(24)16-10-12-17(25-2)13-11-16)20(23)22-19-9-5-7-15-6-3-4-8-18(15)19/h3-4,6,8,10-14,19H,5,7,9H2,1-2H3,(H,22,23)/t14-,19-/m0/s1. The number of carbonyl (C=O) groups is 2. The van der Waals surface area contributed by atoms with E-state index >= 15 is 0 Å². The molecule has 136 valence electrons. The van der Waals surface area contributed by atoms with Crippen molar-refractivity contribution in [3.63, 3.8) is 0 Å². The molecule has 0 fully saturated rings. The van der Waals surface area contributed by atoms with E-state index in [4.69, 9.17) is 9.47 Å². The molecule has 2 aromatic carbocycles. The van der Waals surface area contributed by atoms with E-state index in [0.717, 1.165) is 24.8 Å². The number of nitrogens with one attached hydrogen (secondary N) is 1. The number of amides is 1. The zero-order valence-corrected chi connectivity index (χ0v) is 15.0. The minimum atomic E-state index is -0.862. The summed E-state index contributed by atoms with van der Waals surface area (Å²) in [6, 6.07) is 14.7. The summed E-state index contributed by atoms with van der Waals surface area (Å²) >= 11 is 0. The number of fused-ring (bicyclic) bond motifs is 1. The summed E-state index contributed by atoms with van der Waals surface area (Å²) in [5.74, 6) is -0.156. The third-order valence-corrected chi connectivity index (χ3v) is 4.66. The van der Waals surface area contributed by atoms with Crippen molar-refractivity contribution >= 4 is 11.9 Å². The second-order valence-electron chi connectivity index (χ2n) is 6.43. The highest BCUT2D eigenvalue weighted by Crippen LogP contribution is 2.29. The Hall–Kier alpha value is -2.82. The van der Waals surface area contributed by atoms with Gasteiger partial charge in [0.05, 0.1) is 18.7 Å². The molecule has 0 aliphatic heterocycles. The van der Waals surface area contributed by atoms with Gasteiger partial charge < -0.3 is 14.8 Å². The van der Waals surface area contributed by atoms with E-state index in [1.807, 2.05) is 18.2 Å². The lowest BCUT2D eigenvalue weighted by Crippen LogP contribution is -2.39. The molecule has 0 saturated heterocycles. The van der Waals surface area contributed by atoms with Crippen molar-refractivity contribution in [3.8, 4) is 5.75 Å². The molecule has 1 aliphatic carbocycles. The van der Waals surface area contributed by atoms with Crippen molar-refractivity contribution in [2.24, 2.45) is 0 Å². The molecular weight excluding hydrogens is 330 g/mol. The normalized spacial score (nSPS) is 16.9. The molecule has 26 heavy (non-hydrogen) atoms. The fourth-order valence-electron chi connectivity index (χ4n) is 3.20. The van der Waals surface area contributed by atoms with Gasteiger partial charge in [-0.25, -0.2) is 4.79 Å². The fourth-order valence-corrected chi connectivity index (χ4v) is 3.20. The highest BCUT2D eigenvalue weighted by molar-refractivity contribution is 5.92. The third-order valence-electron chi connectivity index (χ3n) is 4.66. The van der Waals surface area contributed by atoms with Gasteiger partial charge >= 0.3 is 5.97 Å². The third kappa shape index (κ3) is 4.04. The molecule has 0 spiro atoms. The Morgan fingerprint density at radius 3 is 2.58 bits per heavy atom. The van der Waals surface area contributed by atoms with Crippen LogP contribution in [0.4, 0.5) is 0 Å². The Labute approximate surface area is 153 Å². The molecule has 0 heterocycles. The zero-order chi connectivity index (χ0) is 18.5. The van der Waals surface area contributed by atoms with E-state index in [0.29, 0.717) is 11.3 Å². The molecule has 2 aromatic rings. The number of methoxy groups -OCH3 is 1. The van der Waals surface area contributed by atoms with Gasteiger partial charge in [-0.1, -0.05) is 24.3 Å². The Kier molecular flexibility index (Phi) is 5.56. The van der Waals surface area contributed by atoms with Crippen molar-refractivity contribution in [1.82, 2.24) is 5.32 Å². The van der Waals surface area contributed by atoms with E-state index < -0.39 is 12.1 Å². The average Bonchev–Trinajstić information content (AvgIpc) is 2.68. The molecular formula is C21H23NO4. The second-order valence-corrected chi connectivity index (χ2v) is 6.43. The average molecular weight is 353 g/mol. The first kappa shape index (κ1) is 18.0. The Bertz CT molecular complexity index is 785. The van der Waals surface area contributed by atoms with Gasteiger partial charge in [0.15, 0.2) is 6.10 Å². The van der Waals surface area contributed by atoms with Gasteiger partial charge in [0.1, 0.15) is 5.75 Å². The monoisotopic (exact) mass is 353 g/mol. The molecule has 0 saturated carbocycles. The lowest BCUT2D eigenvalue weighted by molar-refractivity contribution is -0.130. The molecule has 5 nitrogen and oxygen atoms in total. The van der Waals surface area contributed by atoms with Crippen molar-refractivity contribution in [2.45, 2.75) is 38.3 Å². The van der Waals surface area contributed by atoms with E-state index in [9.17, 15) is 9.59 Å². The number of hydrogen-bond acceptors (Lipinski definition) is 4. The van der Waals surface area contributed by atoms with Crippen LogP contribution < -0.4 is 10.1 Å². The van der Waals surface area contributed by atoms with E-state index in [-0.39, 0.29) is 11.9 Å². The van der Waals surface area contributed by atoms with E-state index in [1.165, 1.54) is 5.56 Å². The van der Waals surface area contributed by atoms with Crippen molar-refractivity contribution in [3.05, 3.63) is 65.2 Å². The lowest BCUT2D eigenvalue weighted by Gasteiger charge is -2.27. The van der Waals surface area contributed by atoms with Crippen LogP contribution in [-0.4, -0.2) is 25.1 Å². The van der Waals surface area contributed by atoms with Crippen molar-refractivity contribution in [2.75, 3.05) is 7.11 Å². The van der Waals surface area contributed by atoms with Gasteiger partial charge in [-0.15, -0.1) is 0 Å². The lowest BCUT2D eigenvalue weighted by atomic mass is 9.87.